The monoisotopic (exact) mass is 265 g/mol. The number of anilines is 1. The Morgan fingerprint density at radius 2 is 2.17 bits per heavy atom. The van der Waals surface area contributed by atoms with Crippen molar-refractivity contribution in [1.29, 1.82) is 0 Å². The highest BCUT2D eigenvalue weighted by Gasteiger charge is 2.12. The normalized spacial score (nSPS) is 10.7. The third-order valence-corrected chi connectivity index (χ3v) is 3.09. The van der Waals surface area contributed by atoms with E-state index in [1.54, 1.807) is 4.68 Å². The molecule has 0 fully saturated rings. The molecule has 0 atom stereocenters. The van der Waals surface area contributed by atoms with Crippen LogP contribution in [0.2, 0.25) is 5.15 Å². The van der Waals surface area contributed by atoms with Crippen molar-refractivity contribution in [3.8, 4) is 0 Å². The third-order valence-electron chi connectivity index (χ3n) is 2.76. The lowest BCUT2D eigenvalue weighted by atomic mass is 10.2. The average Bonchev–Trinajstić information content (AvgIpc) is 2.74. The van der Waals surface area contributed by atoms with Crippen molar-refractivity contribution >= 4 is 17.4 Å². The number of aromatic nitrogens is 4. The smallest absolute Gasteiger partial charge is 0.137 e. The highest BCUT2D eigenvalue weighted by Crippen LogP contribution is 2.23. The zero-order chi connectivity index (χ0) is 13.1. The van der Waals surface area contributed by atoms with Gasteiger partial charge in [-0.1, -0.05) is 18.5 Å². The summed E-state index contributed by atoms with van der Waals surface area (Å²) < 4.78 is 1.79. The van der Waals surface area contributed by atoms with E-state index >= 15 is 0 Å². The minimum absolute atomic E-state index is 0.528. The lowest BCUT2D eigenvalue weighted by molar-refractivity contribution is 0.766. The van der Waals surface area contributed by atoms with Crippen LogP contribution in [0.4, 0.5) is 5.82 Å². The lowest BCUT2D eigenvalue weighted by Gasteiger charge is -2.20. The second kappa shape index (κ2) is 5.35. The fourth-order valence-electron chi connectivity index (χ4n) is 1.92. The standard InChI is InChI=1S/C12H16ClN5/c1-4-10-11(13)14-8-15-12(10)17(2)6-9-5-16-18(3)7-9/h5,7-8H,4,6H2,1-3H3. The Bertz CT molecular complexity index is 537. The maximum absolute atomic E-state index is 6.09. The Morgan fingerprint density at radius 3 is 2.78 bits per heavy atom. The summed E-state index contributed by atoms with van der Waals surface area (Å²) >= 11 is 6.09. The van der Waals surface area contributed by atoms with Gasteiger partial charge in [0, 0.05) is 38.0 Å². The van der Waals surface area contributed by atoms with E-state index in [0.29, 0.717) is 5.15 Å². The van der Waals surface area contributed by atoms with Gasteiger partial charge in [0.2, 0.25) is 0 Å². The number of aryl methyl sites for hydroxylation is 1. The van der Waals surface area contributed by atoms with Crippen LogP contribution >= 0.6 is 11.6 Å². The Kier molecular flexibility index (Phi) is 3.81. The minimum atomic E-state index is 0.528. The summed E-state index contributed by atoms with van der Waals surface area (Å²) in [5.74, 6) is 0.876. The topological polar surface area (TPSA) is 46.8 Å². The summed E-state index contributed by atoms with van der Waals surface area (Å²) in [6.07, 6.45) is 6.15. The Labute approximate surface area is 111 Å². The van der Waals surface area contributed by atoms with Crippen LogP contribution in [0.5, 0.6) is 0 Å². The van der Waals surface area contributed by atoms with Crippen molar-refractivity contribution in [2.75, 3.05) is 11.9 Å². The number of hydrogen-bond acceptors (Lipinski definition) is 4. The van der Waals surface area contributed by atoms with Crippen molar-refractivity contribution in [1.82, 2.24) is 19.7 Å². The molecule has 2 rings (SSSR count). The number of halogens is 1. The van der Waals surface area contributed by atoms with E-state index < -0.39 is 0 Å². The maximum Gasteiger partial charge on any atom is 0.137 e. The Balaban J connectivity index is 2.23. The fourth-order valence-corrected chi connectivity index (χ4v) is 2.18. The van der Waals surface area contributed by atoms with Crippen LogP contribution in [0.15, 0.2) is 18.7 Å². The molecule has 0 saturated heterocycles. The first-order valence-electron chi connectivity index (χ1n) is 5.79. The molecule has 0 aliphatic heterocycles. The number of rotatable bonds is 4. The van der Waals surface area contributed by atoms with E-state index in [0.717, 1.165) is 29.9 Å². The predicted molar refractivity (Wildman–Crippen MR) is 71.7 cm³/mol. The highest BCUT2D eigenvalue weighted by atomic mass is 35.5. The first kappa shape index (κ1) is 12.8. The van der Waals surface area contributed by atoms with Crippen LogP contribution in [-0.4, -0.2) is 26.8 Å². The average molecular weight is 266 g/mol. The van der Waals surface area contributed by atoms with Crippen LogP contribution in [-0.2, 0) is 20.0 Å². The molecular weight excluding hydrogens is 250 g/mol. The second-order valence-electron chi connectivity index (χ2n) is 4.20. The molecule has 0 bridgehead atoms. The van der Waals surface area contributed by atoms with Gasteiger partial charge in [-0.2, -0.15) is 5.10 Å². The van der Waals surface area contributed by atoms with Crippen LogP contribution in [0, 0.1) is 0 Å². The molecule has 0 spiro atoms. The minimum Gasteiger partial charge on any atom is -0.355 e. The summed E-state index contributed by atoms with van der Waals surface area (Å²) in [5, 5.41) is 4.68. The summed E-state index contributed by atoms with van der Waals surface area (Å²) in [4.78, 5) is 10.4. The summed E-state index contributed by atoms with van der Waals surface area (Å²) in [7, 11) is 3.90. The number of nitrogens with zero attached hydrogens (tertiary/aromatic N) is 5. The quantitative estimate of drug-likeness (QED) is 0.794. The Morgan fingerprint density at radius 1 is 1.39 bits per heavy atom. The molecule has 0 aliphatic carbocycles. The predicted octanol–water partition coefficient (Wildman–Crippen LogP) is 2.06. The fraction of sp³-hybridized carbons (Fsp3) is 0.417. The molecule has 96 valence electrons. The molecule has 0 unspecified atom stereocenters. The zero-order valence-corrected chi connectivity index (χ0v) is 11.5. The second-order valence-corrected chi connectivity index (χ2v) is 4.56. The van der Waals surface area contributed by atoms with Gasteiger partial charge in [0.25, 0.3) is 0 Å². The van der Waals surface area contributed by atoms with Crippen molar-refractivity contribution in [2.45, 2.75) is 19.9 Å². The van der Waals surface area contributed by atoms with E-state index in [1.165, 1.54) is 6.33 Å². The van der Waals surface area contributed by atoms with E-state index in [9.17, 15) is 0 Å². The van der Waals surface area contributed by atoms with Crippen molar-refractivity contribution in [3.63, 3.8) is 0 Å². The summed E-state index contributed by atoms with van der Waals surface area (Å²) in [6.45, 7) is 2.79. The van der Waals surface area contributed by atoms with Crippen LogP contribution < -0.4 is 4.90 Å². The molecule has 0 radical (unpaired) electrons. The molecule has 0 aromatic carbocycles. The largest absolute Gasteiger partial charge is 0.355 e. The molecule has 5 nitrogen and oxygen atoms in total. The van der Waals surface area contributed by atoms with Gasteiger partial charge in [0.15, 0.2) is 0 Å². The van der Waals surface area contributed by atoms with E-state index in [1.807, 2.05) is 33.4 Å². The first-order valence-corrected chi connectivity index (χ1v) is 6.17. The van der Waals surface area contributed by atoms with Gasteiger partial charge in [-0.15, -0.1) is 0 Å². The van der Waals surface area contributed by atoms with E-state index in [-0.39, 0.29) is 0 Å². The van der Waals surface area contributed by atoms with Crippen molar-refractivity contribution in [2.24, 2.45) is 7.05 Å². The molecule has 18 heavy (non-hydrogen) atoms. The summed E-state index contributed by atoms with van der Waals surface area (Å²) in [6, 6.07) is 0. The van der Waals surface area contributed by atoms with Gasteiger partial charge < -0.3 is 4.90 Å². The van der Waals surface area contributed by atoms with Gasteiger partial charge in [0.1, 0.15) is 17.3 Å². The maximum atomic E-state index is 6.09. The van der Waals surface area contributed by atoms with Crippen LogP contribution in [0.25, 0.3) is 0 Å². The number of hydrogen-bond donors (Lipinski definition) is 0. The highest BCUT2D eigenvalue weighted by molar-refractivity contribution is 6.30. The van der Waals surface area contributed by atoms with Crippen molar-refractivity contribution < 1.29 is 0 Å². The Hall–Kier alpha value is -1.62. The van der Waals surface area contributed by atoms with Crippen LogP contribution in [0.1, 0.15) is 18.1 Å². The molecular formula is C12H16ClN5. The molecule has 0 saturated carbocycles. The molecule has 6 heteroatoms. The van der Waals surface area contributed by atoms with Gasteiger partial charge in [-0.3, -0.25) is 4.68 Å². The molecule has 2 heterocycles. The van der Waals surface area contributed by atoms with Crippen molar-refractivity contribution in [3.05, 3.63) is 35.0 Å². The first-order chi connectivity index (χ1) is 8.61. The molecule has 2 aromatic heterocycles. The summed E-state index contributed by atoms with van der Waals surface area (Å²) in [5.41, 5.74) is 2.11. The van der Waals surface area contributed by atoms with E-state index in [2.05, 4.69) is 20.0 Å². The lowest BCUT2D eigenvalue weighted by Crippen LogP contribution is -2.19. The van der Waals surface area contributed by atoms with Gasteiger partial charge in [-0.05, 0) is 6.42 Å². The molecule has 0 aliphatic rings. The van der Waals surface area contributed by atoms with Crippen LogP contribution in [0.3, 0.4) is 0 Å². The van der Waals surface area contributed by atoms with Gasteiger partial charge in [0.05, 0.1) is 6.20 Å². The third kappa shape index (κ3) is 2.61. The molecule has 0 amide bonds. The van der Waals surface area contributed by atoms with Gasteiger partial charge in [-0.25, -0.2) is 9.97 Å². The SMILES string of the molecule is CCc1c(Cl)ncnc1N(C)Cc1cnn(C)c1. The molecule has 2 aromatic rings. The van der Waals surface area contributed by atoms with E-state index in [4.69, 9.17) is 11.6 Å². The zero-order valence-electron chi connectivity index (χ0n) is 10.8. The molecule has 0 N–H and O–H groups in total. The van der Waals surface area contributed by atoms with Gasteiger partial charge >= 0.3 is 0 Å².